The fourth-order valence-electron chi connectivity index (χ4n) is 2.14. The van der Waals surface area contributed by atoms with E-state index in [1.807, 2.05) is 17.9 Å². The van der Waals surface area contributed by atoms with Crippen LogP contribution in [0.1, 0.15) is 33.1 Å². The van der Waals surface area contributed by atoms with Crippen LogP contribution in [0.4, 0.5) is 10.1 Å². The Balaban J connectivity index is 2.78. The molecule has 0 spiro atoms. The van der Waals surface area contributed by atoms with Crippen molar-refractivity contribution in [3.63, 3.8) is 0 Å². The highest BCUT2D eigenvalue weighted by molar-refractivity contribution is 5.84. The molecule has 0 bridgehead atoms. The van der Waals surface area contributed by atoms with Crippen molar-refractivity contribution in [2.24, 2.45) is 5.73 Å². The molecule has 4 nitrogen and oxygen atoms in total. The summed E-state index contributed by atoms with van der Waals surface area (Å²) in [7, 11) is 0. The average Bonchev–Trinajstić information content (AvgIpc) is 2.47. The molecule has 1 aromatic carbocycles. The van der Waals surface area contributed by atoms with Crippen LogP contribution in [0.3, 0.4) is 0 Å². The minimum Gasteiger partial charge on any atom is -0.360 e. The number of anilines is 1. The van der Waals surface area contributed by atoms with Gasteiger partial charge in [-0.2, -0.15) is 0 Å². The zero-order chi connectivity index (χ0) is 15.7. The summed E-state index contributed by atoms with van der Waals surface area (Å²) in [4.78, 5) is 14.1. The summed E-state index contributed by atoms with van der Waals surface area (Å²) in [5, 5.41) is 2.92. The van der Waals surface area contributed by atoms with E-state index in [9.17, 15) is 9.18 Å². The van der Waals surface area contributed by atoms with Crippen LogP contribution >= 0.6 is 0 Å². The Morgan fingerprint density at radius 1 is 1.43 bits per heavy atom. The lowest BCUT2D eigenvalue weighted by molar-refractivity contribution is -0.122. The number of unbranched alkanes of at least 4 members (excludes halogenated alkanes) is 1. The summed E-state index contributed by atoms with van der Waals surface area (Å²) in [5.41, 5.74) is 6.27. The molecule has 1 aromatic rings. The third kappa shape index (κ3) is 5.71. The summed E-state index contributed by atoms with van der Waals surface area (Å²) >= 11 is 0. The minimum absolute atomic E-state index is 0.0373. The third-order valence-electron chi connectivity index (χ3n) is 3.42. The van der Waals surface area contributed by atoms with E-state index < -0.39 is 0 Å². The van der Waals surface area contributed by atoms with Crippen LogP contribution in [-0.2, 0) is 4.79 Å². The Kier molecular flexibility index (Phi) is 7.75. The maximum Gasteiger partial charge on any atom is 0.242 e. The normalized spacial score (nSPS) is 12.0. The van der Waals surface area contributed by atoms with Gasteiger partial charge in [0.2, 0.25) is 5.91 Å². The molecule has 5 heteroatoms. The van der Waals surface area contributed by atoms with Crippen molar-refractivity contribution < 1.29 is 9.18 Å². The highest BCUT2D eigenvalue weighted by Crippen LogP contribution is 2.18. The van der Waals surface area contributed by atoms with Gasteiger partial charge in [-0.15, -0.1) is 0 Å². The van der Waals surface area contributed by atoms with E-state index in [4.69, 9.17) is 5.73 Å². The second-order valence-corrected chi connectivity index (χ2v) is 5.14. The van der Waals surface area contributed by atoms with Crippen molar-refractivity contribution >= 4 is 11.6 Å². The van der Waals surface area contributed by atoms with Gasteiger partial charge in [-0.25, -0.2) is 4.39 Å². The zero-order valence-corrected chi connectivity index (χ0v) is 12.9. The molecular weight excluding hydrogens is 269 g/mol. The maximum absolute atomic E-state index is 13.4. The second kappa shape index (κ2) is 9.34. The number of amides is 1. The summed E-state index contributed by atoms with van der Waals surface area (Å²) in [6, 6.07) is 5.97. The topological polar surface area (TPSA) is 58.4 Å². The first kappa shape index (κ1) is 17.4. The Hall–Kier alpha value is -1.62. The van der Waals surface area contributed by atoms with Crippen LogP contribution in [0.5, 0.6) is 0 Å². The first-order valence-electron chi connectivity index (χ1n) is 7.60. The summed E-state index contributed by atoms with van der Waals surface area (Å²) in [6.07, 6.45) is 2.75. The van der Waals surface area contributed by atoms with Crippen molar-refractivity contribution in [3.05, 3.63) is 30.1 Å². The number of nitrogens with zero attached hydrogens (tertiary/aromatic N) is 1. The quantitative estimate of drug-likeness (QED) is 0.687. The van der Waals surface area contributed by atoms with Crippen molar-refractivity contribution in [1.82, 2.24) is 5.32 Å². The first-order chi connectivity index (χ1) is 10.1. The number of hydrogen-bond donors (Lipinski definition) is 2. The number of carbonyl (C=O) groups is 1. The standard InChI is InChI=1S/C16H26FN3O/c1-3-4-10-19-16(21)13(2)20(11-6-9-18)15-8-5-7-14(17)12-15/h5,7-8,12-13H,3-4,6,9-11,18H2,1-2H3,(H,19,21). The number of nitrogens with two attached hydrogens (primary N) is 1. The van der Waals surface area contributed by atoms with Gasteiger partial charge in [0.15, 0.2) is 0 Å². The fraction of sp³-hybridized carbons (Fsp3) is 0.562. The SMILES string of the molecule is CCCCNC(=O)C(C)N(CCCN)c1cccc(F)c1. The molecule has 118 valence electrons. The number of nitrogens with one attached hydrogen (secondary N) is 1. The van der Waals surface area contributed by atoms with Crippen LogP contribution in [0.15, 0.2) is 24.3 Å². The predicted molar refractivity (Wildman–Crippen MR) is 84.8 cm³/mol. The van der Waals surface area contributed by atoms with Crippen LogP contribution in [-0.4, -0.2) is 31.6 Å². The van der Waals surface area contributed by atoms with Gasteiger partial charge >= 0.3 is 0 Å². The fourth-order valence-corrected chi connectivity index (χ4v) is 2.14. The largest absolute Gasteiger partial charge is 0.360 e. The van der Waals surface area contributed by atoms with E-state index in [0.717, 1.165) is 19.3 Å². The lowest BCUT2D eigenvalue weighted by Gasteiger charge is -2.30. The van der Waals surface area contributed by atoms with Crippen LogP contribution in [0.25, 0.3) is 0 Å². The molecule has 0 aliphatic rings. The van der Waals surface area contributed by atoms with Crippen molar-refractivity contribution in [2.45, 2.75) is 39.2 Å². The highest BCUT2D eigenvalue weighted by atomic mass is 19.1. The molecule has 0 aromatic heterocycles. The first-order valence-corrected chi connectivity index (χ1v) is 7.60. The van der Waals surface area contributed by atoms with Gasteiger partial charge in [0.25, 0.3) is 0 Å². The molecule has 0 heterocycles. The average molecular weight is 295 g/mol. The highest BCUT2D eigenvalue weighted by Gasteiger charge is 2.21. The smallest absolute Gasteiger partial charge is 0.242 e. The van der Waals surface area contributed by atoms with E-state index in [-0.39, 0.29) is 17.8 Å². The Labute approximate surface area is 126 Å². The minimum atomic E-state index is -0.352. The number of rotatable bonds is 9. The van der Waals surface area contributed by atoms with Crippen LogP contribution < -0.4 is 16.0 Å². The van der Waals surface area contributed by atoms with E-state index in [1.165, 1.54) is 12.1 Å². The Morgan fingerprint density at radius 3 is 2.81 bits per heavy atom. The van der Waals surface area contributed by atoms with E-state index in [1.54, 1.807) is 6.07 Å². The molecule has 0 radical (unpaired) electrons. The molecule has 0 saturated heterocycles. The Morgan fingerprint density at radius 2 is 2.19 bits per heavy atom. The molecule has 0 saturated carbocycles. The number of carbonyl (C=O) groups excluding carboxylic acids is 1. The zero-order valence-electron chi connectivity index (χ0n) is 12.9. The van der Waals surface area contributed by atoms with Crippen molar-refractivity contribution in [2.75, 3.05) is 24.5 Å². The molecule has 1 rings (SSSR count). The monoisotopic (exact) mass is 295 g/mol. The molecule has 3 N–H and O–H groups in total. The summed E-state index contributed by atoms with van der Waals surface area (Å²) < 4.78 is 13.4. The Bertz CT molecular complexity index is 439. The molecule has 21 heavy (non-hydrogen) atoms. The van der Waals surface area contributed by atoms with Gasteiger partial charge in [-0.1, -0.05) is 19.4 Å². The molecule has 0 fully saturated rings. The van der Waals surface area contributed by atoms with E-state index >= 15 is 0 Å². The van der Waals surface area contributed by atoms with Gasteiger partial charge in [0, 0.05) is 18.8 Å². The lowest BCUT2D eigenvalue weighted by Crippen LogP contribution is -2.46. The van der Waals surface area contributed by atoms with Gasteiger partial charge in [-0.3, -0.25) is 4.79 Å². The van der Waals surface area contributed by atoms with Gasteiger partial charge in [0.1, 0.15) is 11.9 Å². The number of halogens is 1. The second-order valence-electron chi connectivity index (χ2n) is 5.14. The van der Waals surface area contributed by atoms with Gasteiger partial charge < -0.3 is 16.0 Å². The van der Waals surface area contributed by atoms with Crippen molar-refractivity contribution in [1.29, 1.82) is 0 Å². The lowest BCUT2D eigenvalue weighted by atomic mass is 10.2. The van der Waals surface area contributed by atoms with Crippen molar-refractivity contribution in [3.8, 4) is 0 Å². The number of benzene rings is 1. The third-order valence-corrected chi connectivity index (χ3v) is 3.42. The molecule has 0 aliphatic carbocycles. The molecule has 1 unspecified atom stereocenters. The van der Waals surface area contributed by atoms with E-state index in [2.05, 4.69) is 12.2 Å². The number of hydrogen-bond acceptors (Lipinski definition) is 3. The van der Waals surface area contributed by atoms with Gasteiger partial charge in [-0.05, 0) is 44.5 Å². The van der Waals surface area contributed by atoms with E-state index in [0.29, 0.717) is 25.3 Å². The van der Waals surface area contributed by atoms with Gasteiger partial charge in [0.05, 0.1) is 0 Å². The predicted octanol–water partition coefficient (Wildman–Crippen LogP) is 2.29. The molecular formula is C16H26FN3O. The molecule has 1 amide bonds. The maximum atomic E-state index is 13.4. The molecule has 0 aliphatic heterocycles. The summed E-state index contributed by atoms with van der Waals surface area (Å²) in [6.45, 7) is 5.75. The molecule has 1 atom stereocenters. The van der Waals surface area contributed by atoms with Crippen LogP contribution in [0.2, 0.25) is 0 Å². The summed E-state index contributed by atoms with van der Waals surface area (Å²) in [5.74, 6) is -0.339. The van der Waals surface area contributed by atoms with Crippen LogP contribution in [0, 0.1) is 5.82 Å².